The normalized spacial score (nSPS) is 12.1. The molecule has 0 unspecified atom stereocenters. The third-order valence-electron chi connectivity index (χ3n) is 2.50. The van der Waals surface area contributed by atoms with Crippen LogP contribution in [0.4, 0.5) is 0 Å². The molecule has 0 fully saturated rings. The first-order chi connectivity index (χ1) is 8.13. The van der Waals surface area contributed by atoms with E-state index in [1.165, 1.54) is 6.33 Å². The highest BCUT2D eigenvalue weighted by Crippen LogP contribution is 2.22. The Morgan fingerprint density at radius 2 is 2.41 bits per heavy atom. The van der Waals surface area contributed by atoms with Crippen LogP contribution >= 0.6 is 11.6 Å². The van der Waals surface area contributed by atoms with Crippen molar-refractivity contribution in [3.63, 3.8) is 0 Å². The number of aryl methyl sites for hydroxylation is 1. The van der Waals surface area contributed by atoms with Crippen LogP contribution in [0.5, 0.6) is 0 Å². The van der Waals surface area contributed by atoms with Crippen molar-refractivity contribution in [1.29, 1.82) is 0 Å². The molecule has 90 valence electrons. The van der Waals surface area contributed by atoms with E-state index >= 15 is 0 Å². The number of nitrogens with zero attached hydrogens (tertiary/aromatic N) is 4. The van der Waals surface area contributed by atoms with Gasteiger partial charge in [0.15, 0.2) is 5.15 Å². The maximum atomic E-state index is 6.01. The minimum absolute atomic E-state index is 0.373. The number of hydrogen-bond donors (Lipinski definition) is 1. The van der Waals surface area contributed by atoms with Gasteiger partial charge in [0.05, 0.1) is 0 Å². The molecular formula is C10H12ClN5O. The molecule has 0 radical (unpaired) electrons. The molecule has 2 aromatic rings. The van der Waals surface area contributed by atoms with Crippen molar-refractivity contribution in [2.24, 2.45) is 10.9 Å². The van der Waals surface area contributed by atoms with Gasteiger partial charge >= 0.3 is 0 Å². The Hall–Kier alpha value is -1.82. The number of nitrogens with two attached hydrogens (primary N) is 1. The van der Waals surface area contributed by atoms with Crippen LogP contribution < -0.4 is 5.84 Å². The number of hydrogen-bond acceptors (Lipinski definition) is 5. The Balaban J connectivity index is 2.36. The van der Waals surface area contributed by atoms with Gasteiger partial charge in [0.2, 0.25) is 5.90 Å². The molecule has 0 aromatic carbocycles. The Labute approximate surface area is 103 Å². The summed E-state index contributed by atoms with van der Waals surface area (Å²) in [6.07, 6.45) is 3.26. The number of halogens is 1. The van der Waals surface area contributed by atoms with Crippen LogP contribution in [0.25, 0.3) is 5.52 Å². The topological polar surface area (TPSA) is 77.8 Å². The van der Waals surface area contributed by atoms with E-state index in [0.29, 0.717) is 17.7 Å². The molecule has 7 heteroatoms. The van der Waals surface area contributed by atoms with Gasteiger partial charge in [-0.2, -0.15) is 5.10 Å². The summed E-state index contributed by atoms with van der Waals surface area (Å²) in [6, 6.07) is 0. The van der Waals surface area contributed by atoms with Crippen molar-refractivity contribution >= 4 is 23.0 Å². The molecule has 0 saturated carbocycles. The highest BCUT2D eigenvalue weighted by Gasteiger charge is 2.11. The Morgan fingerprint density at radius 3 is 3.06 bits per heavy atom. The molecule has 2 aromatic heterocycles. The summed E-state index contributed by atoms with van der Waals surface area (Å²) < 4.78 is 7.03. The van der Waals surface area contributed by atoms with Crippen molar-refractivity contribution in [3.8, 4) is 0 Å². The highest BCUT2D eigenvalue weighted by molar-refractivity contribution is 6.32. The number of hydrazone groups is 1. The summed E-state index contributed by atoms with van der Waals surface area (Å²) in [7, 11) is 0. The number of fused-ring (bicyclic) bond motifs is 1. The predicted molar refractivity (Wildman–Crippen MR) is 64.8 cm³/mol. The lowest BCUT2D eigenvalue weighted by atomic mass is 10.2. The summed E-state index contributed by atoms with van der Waals surface area (Å²) in [5.74, 6) is 5.52. The van der Waals surface area contributed by atoms with Gasteiger partial charge < -0.3 is 10.6 Å². The largest absolute Gasteiger partial charge is 0.475 e. The zero-order valence-electron chi connectivity index (χ0n) is 9.51. The van der Waals surface area contributed by atoms with Crippen LogP contribution in [-0.4, -0.2) is 20.5 Å². The quantitative estimate of drug-likeness (QED) is 0.381. The fraction of sp³-hybridized carbons (Fsp3) is 0.300. The van der Waals surface area contributed by atoms with Gasteiger partial charge in [0.25, 0.3) is 0 Å². The Bertz CT molecular complexity index is 577. The van der Waals surface area contributed by atoms with Crippen molar-refractivity contribution in [2.45, 2.75) is 20.5 Å². The van der Waals surface area contributed by atoms with E-state index in [9.17, 15) is 0 Å². The summed E-state index contributed by atoms with van der Waals surface area (Å²) in [5, 5.41) is 7.94. The molecule has 6 nitrogen and oxygen atoms in total. The lowest BCUT2D eigenvalue weighted by Crippen LogP contribution is -2.02. The molecular weight excluding hydrogens is 242 g/mol. The first-order valence-electron chi connectivity index (χ1n) is 4.98. The first kappa shape index (κ1) is 11.7. The van der Waals surface area contributed by atoms with Gasteiger partial charge in [-0.1, -0.05) is 11.6 Å². The average molecular weight is 254 g/mol. The van der Waals surface area contributed by atoms with Crippen LogP contribution in [0, 0.1) is 6.92 Å². The third kappa shape index (κ3) is 2.16. The minimum Gasteiger partial charge on any atom is -0.475 e. The van der Waals surface area contributed by atoms with Gasteiger partial charge in [0, 0.05) is 18.7 Å². The maximum Gasteiger partial charge on any atom is 0.202 e. The van der Waals surface area contributed by atoms with Crippen LogP contribution in [0.1, 0.15) is 18.1 Å². The fourth-order valence-electron chi connectivity index (χ4n) is 1.53. The minimum atomic E-state index is 0.373. The van der Waals surface area contributed by atoms with Crippen molar-refractivity contribution < 1.29 is 4.74 Å². The van der Waals surface area contributed by atoms with Gasteiger partial charge in [-0.15, -0.1) is 5.10 Å². The standard InChI is InChI=1S/C10H12ClN5O/c1-6-8(4-17-7(2)15-12)3-16-9(6)10(11)13-5-14-16/h3,5H,4,12H2,1-2H3/b15-7-. The van der Waals surface area contributed by atoms with E-state index < -0.39 is 0 Å². The van der Waals surface area contributed by atoms with E-state index in [4.69, 9.17) is 22.2 Å². The monoisotopic (exact) mass is 253 g/mol. The predicted octanol–water partition coefficient (Wildman–Crippen LogP) is 1.50. The van der Waals surface area contributed by atoms with Gasteiger partial charge in [-0.25, -0.2) is 9.50 Å². The SMILES string of the molecule is C/C(=N/N)OCc1cn2ncnc(Cl)c2c1C. The lowest BCUT2D eigenvalue weighted by Gasteiger charge is -2.02. The fourth-order valence-corrected chi connectivity index (χ4v) is 1.80. The van der Waals surface area contributed by atoms with Crippen molar-refractivity contribution in [3.05, 3.63) is 28.8 Å². The Morgan fingerprint density at radius 1 is 1.65 bits per heavy atom. The van der Waals surface area contributed by atoms with Crippen molar-refractivity contribution in [2.75, 3.05) is 0 Å². The molecule has 0 aliphatic heterocycles. The van der Waals surface area contributed by atoms with E-state index in [-0.39, 0.29) is 0 Å². The van der Waals surface area contributed by atoms with E-state index in [0.717, 1.165) is 16.6 Å². The molecule has 0 bridgehead atoms. The summed E-state index contributed by atoms with van der Waals surface area (Å²) in [5.41, 5.74) is 2.74. The molecule has 17 heavy (non-hydrogen) atoms. The molecule has 0 spiro atoms. The first-order valence-corrected chi connectivity index (χ1v) is 5.36. The van der Waals surface area contributed by atoms with Crippen LogP contribution in [0.2, 0.25) is 5.15 Å². The third-order valence-corrected chi connectivity index (χ3v) is 2.78. The molecule has 2 N–H and O–H groups in total. The van der Waals surface area contributed by atoms with Crippen LogP contribution in [0.15, 0.2) is 17.6 Å². The lowest BCUT2D eigenvalue weighted by molar-refractivity contribution is 0.288. The molecule has 2 heterocycles. The molecule has 0 atom stereocenters. The zero-order chi connectivity index (χ0) is 12.4. The molecule has 0 aliphatic carbocycles. The number of aromatic nitrogens is 3. The van der Waals surface area contributed by atoms with E-state index in [1.54, 1.807) is 11.4 Å². The summed E-state index contributed by atoms with van der Waals surface area (Å²) in [6.45, 7) is 4.01. The van der Waals surface area contributed by atoms with Crippen LogP contribution in [-0.2, 0) is 11.3 Å². The molecule has 2 rings (SSSR count). The van der Waals surface area contributed by atoms with Gasteiger partial charge in [-0.3, -0.25) is 0 Å². The van der Waals surface area contributed by atoms with E-state index in [2.05, 4.69) is 15.2 Å². The van der Waals surface area contributed by atoms with Crippen molar-refractivity contribution in [1.82, 2.24) is 14.6 Å². The second-order valence-electron chi connectivity index (χ2n) is 3.56. The number of rotatable bonds is 2. The highest BCUT2D eigenvalue weighted by atomic mass is 35.5. The average Bonchev–Trinajstić information content (AvgIpc) is 2.64. The maximum absolute atomic E-state index is 6.01. The zero-order valence-corrected chi connectivity index (χ0v) is 10.3. The molecule has 0 amide bonds. The van der Waals surface area contributed by atoms with Crippen LogP contribution in [0.3, 0.4) is 0 Å². The summed E-state index contributed by atoms with van der Waals surface area (Å²) >= 11 is 6.01. The second kappa shape index (κ2) is 4.58. The number of ether oxygens (including phenoxy) is 1. The summed E-state index contributed by atoms with van der Waals surface area (Å²) in [4.78, 5) is 3.94. The molecule has 0 saturated heterocycles. The smallest absolute Gasteiger partial charge is 0.202 e. The molecule has 0 aliphatic rings. The van der Waals surface area contributed by atoms with Gasteiger partial charge in [-0.05, 0) is 12.5 Å². The Kier molecular flexibility index (Phi) is 3.14. The second-order valence-corrected chi connectivity index (χ2v) is 3.92. The van der Waals surface area contributed by atoms with Gasteiger partial charge in [0.1, 0.15) is 18.5 Å². The van der Waals surface area contributed by atoms with E-state index in [1.807, 2.05) is 13.1 Å².